The molecule has 0 bridgehead atoms. The molecule has 1 aliphatic heterocycles. The van der Waals surface area contributed by atoms with Gasteiger partial charge in [-0.1, -0.05) is 29.0 Å². The van der Waals surface area contributed by atoms with E-state index in [-0.39, 0.29) is 43.4 Å². The Morgan fingerprint density at radius 1 is 1.15 bits per heavy atom. The second-order valence-electron chi connectivity index (χ2n) is 7.69. The minimum Gasteiger partial charge on any atom is -0.465 e. The molecular formula is C23H24N2O7S2. The number of esters is 1. The lowest BCUT2D eigenvalue weighted by Crippen LogP contribution is -2.23. The zero-order valence-electron chi connectivity index (χ0n) is 18.8. The number of sulfone groups is 1. The Kier molecular flexibility index (Phi) is 7.03. The fraction of sp³-hybridized carbons (Fsp3) is 0.348. The van der Waals surface area contributed by atoms with Crippen LogP contribution in [0.2, 0.25) is 0 Å². The number of carbonyl (C=O) groups is 2. The van der Waals surface area contributed by atoms with Crippen LogP contribution in [0.5, 0.6) is 11.5 Å². The number of carbonyl (C=O) groups excluding carboxylic acids is 2. The second kappa shape index (κ2) is 9.98. The van der Waals surface area contributed by atoms with Crippen molar-refractivity contribution in [3.8, 4) is 11.5 Å². The van der Waals surface area contributed by atoms with Crippen molar-refractivity contribution in [2.45, 2.75) is 38.1 Å². The molecule has 0 saturated carbocycles. The fourth-order valence-electron chi connectivity index (χ4n) is 3.47. The van der Waals surface area contributed by atoms with Gasteiger partial charge >= 0.3 is 5.97 Å². The average Bonchev–Trinajstić information content (AvgIpc) is 3.36. The molecule has 4 rings (SSSR count). The van der Waals surface area contributed by atoms with Crippen LogP contribution < -0.4 is 14.3 Å². The molecule has 0 radical (unpaired) electrons. The van der Waals surface area contributed by atoms with Crippen LogP contribution >= 0.6 is 11.3 Å². The summed E-state index contributed by atoms with van der Waals surface area (Å²) in [6, 6.07) is 10.1. The minimum atomic E-state index is -3.49. The summed E-state index contributed by atoms with van der Waals surface area (Å²) in [6.07, 6.45) is 0.0960. The summed E-state index contributed by atoms with van der Waals surface area (Å²) < 4.78 is 43.3. The monoisotopic (exact) mass is 504 g/mol. The molecule has 0 spiro atoms. The van der Waals surface area contributed by atoms with Crippen molar-refractivity contribution in [1.29, 1.82) is 0 Å². The summed E-state index contributed by atoms with van der Waals surface area (Å²) >= 11 is 1.23. The van der Waals surface area contributed by atoms with Crippen molar-refractivity contribution >= 4 is 43.3 Å². The summed E-state index contributed by atoms with van der Waals surface area (Å²) in [4.78, 5) is 29.5. The smallest absolute Gasteiger partial charge is 0.326 e. The van der Waals surface area contributed by atoms with Gasteiger partial charge in [0, 0.05) is 18.6 Å². The molecule has 1 aromatic heterocycles. The van der Waals surface area contributed by atoms with Crippen LogP contribution in [0.3, 0.4) is 0 Å². The van der Waals surface area contributed by atoms with E-state index in [1.807, 2.05) is 6.92 Å². The highest BCUT2D eigenvalue weighted by Gasteiger charge is 2.20. The number of ether oxygens (including phenoxy) is 3. The molecule has 180 valence electrons. The number of aromatic nitrogens is 1. The van der Waals surface area contributed by atoms with Gasteiger partial charge in [-0.3, -0.25) is 9.59 Å². The molecule has 0 atom stereocenters. The topological polar surface area (TPSA) is 113 Å². The summed E-state index contributed by atoms with van der Waals surface area (Å²) in [5.41, 5.74) is 1.63. The summed E-state index contributed by atoms with van der Waals surface area (Å²) in [5.74, 6) is 0.0353. The average molecular weight is 505 g/mol. The predicted molar refractivity (Wildman–Crippen MR) is 126 cm³/mol. The Balaban J connectivity index is 1.55. The van der Waals surface area contributed by atoms with Crippen LogP contribution in [0, 0.1) is 6.92 Å². The van der Waals surface area contributed by atoms with Gasteiger partial charge in [0.05, 0.1) is 27.5 Å². The van der Waals surface area contributed by atoms with Crippen molar-refractivity contribution < 1.29 is 32.2 Å². The molecule has 34 heavy (non-hydrogen) atoms. The molecule has 0 fully saturated rings. The molecule has 11 heteroatoms. The van der Waals surface area contributed by atoms with E-state index in [1.54, 1.807) is 47.9 Å². The Hall–Kier alpha value is -3.18. The van der Waals surface area contributed by atoms with E-state index in [4.69, 9.17) is 14.2 Å². The highest BCUT2D eigenvalue weighted by atomic mass is 32.2. The molecule has 0 N–H and O–H groups in total. The quantitative estimate of drug-likeness (QED) is 0.433. The zero-order valence-corrected chi connectivity index (χ0v) is 20.4. The van der Waals surface area contributed by atoms with E-state index >= 15 is 0 Å². The van der Waals surface area contributed by atoms with E-state index in [9.17, 15) is 18.0 Å². The van der Waals surface area contributed by atoms with Crippen LogP contribution in [-0.4, -0.2) is 44.0 Å². The first kappa shape index (κ1) is 24.0. The molecule has 0 saturated heterocycles. The van der Waals surface area contributed by atoms with Gasteiger partial charge in [0.25, 0.3) is 0 Å². The van der Waals surface area contributed by atoms with Gasteiger partial charge in [-0.2, -0.15) is 4.99 Å². The third-order valence-electron chi connectivity index (χ3n) is 5.17. The lowest BCUT2D eigenvalue weighted by atomic mass is 10.2. The minimum absolute atomic E-state index is 0.0402. The standard InChI is InChI=1S/C23H24N2O7S2/c1-3-30-22(27)13-25-17-11-18-19(32-14-31-18)12-20(17)33-23(25)24-21(26)5-4-10-34(28,29)16-8-6-15(2)7-9-16/h6-9,11-12H,3-5,10,13-14H2,1-2H3. The van der Waals surface area contributed by atoms with Crippen molar-refractivity contribution in [1.82, 2.24) is 4.57 Å². The molecule has 2 aromatic carbocycles. The van der Waals surface area contributed by atoms with Gasteiger partial charge in [0.2, 0.25) is 12.7 Å². The molecule has 0 aliphatic carbocycles. The normalized spacial score (nSPS) is 13.4. The SMILES string of the molecule is CCOC(=O)Cn1c(=NC(=O)CCCS(=O)(=O)c2ccc(C)cc2)sc2cc3c(cc21)OCO3. The van der Waals surface area contributed by atoms with Crippen LogP contribution in [0.15, 0.2) is 46.3 Å². The number of benzene rings is 2. The third-order valence-corrected chi connectivity index (χ3v) is 8.03. The maximum atomic E-state index is 12.6. The third kappa shape index (κ3) is 5.31. The fourth-order valence-corrected chi connectivity index (χ4v) is 5.84. The van der Waals surface area contributed by atoms with E-state index in [1.165, 1.54) is 11.3 Å². The maximum absolute atomic E-state index is 12.6. The Bertz CT molecular complexity index is 1400. The van der Waals surface area contributed by atoms with E-state index in [0.29, 0.717) is 21.8 Å². The molecule has 0 unspecified atom stereocenters. The Labute approximate surface area is 200 Å². The van der Waals surface area contributed by atoms with Crippen molar-refractivity contribution in [2.75, 3.05) is 19.2 Å². The number of fused-ring (bicyclic) bond motifs is 2. The highest BCUT2D eigenvalue weighted by molar-refractivity contribution is 7.91. The Morgan fingerprint density at radius 3 is 2.56 bits per heavy atom. The van der Waals surface area contributed by atoms with Gasteiger partial charge in [-0.05, 0) is 32.4 Å². The van der Waals surface area contributed by atoms with Gasteiger partial charge in [0.1, 0.15) is 6.54 Å². The number of hydrogen-bond acceptors (Lipinski definition) is 8. The second-order valence-corrected chi connectivity index (χ2v) is 10.8. The number of hydrogen-bond donors (Lipinski definition) is 0. The predicted octanol–water partition coefficient (Wildman–Crippen LogP) is 2.98. The molecule has 1 aliphatic rings. The van der Waals surface area contributed by atoms with Gasteiger partial charge in [0.15, 0.2) is 26.1 Å². The number of thiazole rings is 1. The first-order valence-electron chi connectivity index (χ1n) is 10.7. The molecular weight excluding hydrogens is 480 g/mol. The van der Waals surface area contributed by atoms with Gasteiger partial charge < -0.3 is 18.8 Å². The summed E-state index contributed by atoms with van der Waals surface area (Å²) in [5, 5.41) is 0. The van der Waals surface area contributed by atoms with E-state index in [2.05, 4.69) is 4.99 Å². The van der Waals surface area contributed by atoms with E-state index in [0.717, 1.165) is 10.3 Å². The van der Waals surface area contributed by atoms with Crippen LogP contribution in [0.1, 0.15) is 25.3 Å². The first-order valence-corrected chi connectivity index (χ1v) is 13.2. The first-order chi connectivity index (χ1) is 16.3. The van der Waals surface area contributed by atoms with Crippen molar-refractivity contribution in [3.63, 3.8) is 0 Å². The number of nitrogens with zero attached hydrogens (tertiary/aromatic N) is 2. The van der Waals surface area contributed by atoms with Crippen molar-refractivity contribution in [3.05, 3.63) is 46.8 Å². The van der Waals surface area contributed by atoms with Gasteiger partial charge in [-0.15, -0.1) is 0 Å². The lowest BCUT2D eigenvalue weighted by molar-refractivity contribution is -0.143. The van der Waals surface area contributed by atoms with Gasteiger partial charge in [-0.25, -0.2) is 8.42 Å². The number of amides is 1. The molecule has 2 heterocycles. The highest BCUT2D eigenvalue weighted by Crippen LogP contribution is 2.37. The Morgan fingerprint density at radius 2 is 1.85 bits per heavy atom. The summed E-state index contributed by atoms with van der Waals surface area (Å²) in [6.45, 7) is 3.82. The maximum Gasteiger partial charge on any atom is 0.326 e. The van der Waals surface area contributed by atoms with Crippen LogP contribution in [-0.2, 0) is 30.7 Å². The van der Waals surface area contributed by atoms with Crippen molar-refractivity contribution in [2.24, 2.45) is 4.99 Å². The number of aryl methyl sites for hydroxylation is 1. The lowest BCUT2D eigenvalue weighted by Gasteiger charge is -2.06. The summed E-state index contributed by atoms with van der Waals surface area (Å²) in [7, 11) is -3.49. The zero-order chi connectivity index (χ0) is 24.3. The molecule has 3 aromatic rings. The van der Waals surface area contributed by atoms with Crippen LogP contribution in [0.25, 0.3) is 10.2 Å². The largest absolute Gasteiger partial charge is 0.465 e. The molecule has 9 nitrogen and oxygen atoms in total. The van der Waals surface area contributed by atoms with Crippen LogP contribution in [0.4, 0.5) is 0 Å². The van der Waals surface area contributed by atoms with E-state index < -0.39 is 21.7 Å². The number of rotatable bonds is 8. The molecule has 1 amide bonds.